The Morgan fingerprint density at radius 2 is 1.89 bits per heavy atom. The maximum Gasteiger partial charge on any atom is 0.374 e. The van der Waals surface area contributed by atoms with E-state index in [2.05, 4.69) is 5.32 Å². The third kappa shape index (κ3) is 4.06. The van der Waals surface area contributed by atoms with Gasteiger partial charge in [0.15, 0.2) is 5.76 Å². The van der Waals surface area contributed by atoms with Crippen LogP contribution in [0.1, 0.15) is 40.5 Å². The summed E-state index contributed by atoms with van der Waals surface area (Å²) in [6.45, 7) is 3.16. The molecule has 0 spiro atoms. The van der Waals surface area contributed by atoms with Crippen molar-refractivity contribution >= 4 is 28.8 Å². The van der Waals surface area contributed by atoms with Crippen molar-refractivity contribution < 1.29 is 32.7 Å². The zero-order valence-electron chi connectivity index (χ0n) is 15.4. The SMILES string of the molecule is CCOC(=O)c1oc2ccccc2c1COC(=O)[C@H](C)NC(=O)c1ccco1. The van der Waals surface area contributed by atoms with Gasteiger partial charge >= 0.3 is 11.9 Å². The molecule has 1 amide bonds. The molecule has 3 aromatic rings. The second-order valence-corrected chi connectivity index (χ2v) is 5.91. The van der Waals surface area contributed by atoms with E-state index in [0.717, 1.165) is 0 Å². The third-order valence-corrected chi connectivity index (χ3v) is 3.96. The number of rotatable bonds is 7. The highest BCUT2D eigenvalue weighted by Crippen LogP contribution is 2.27. The zero-order valence-corrected chi connectivity index (χ0v) is 15.4. The lowest BCUT2D eigenvalue weighted by Crippen LogP contribution is -2.39. The van der Waals surface area contributed by atoms with E-state index in [-0.39, 0.29) is 24.7 Å². The highest BCUT2D eigenvalue weighted by atomic mass is 16.5. The van der Waals surface area contributed by atoms with Crippen molar-refractivity contribution in [2.24, 2.45) is 0 Å². The maximum absolute atomic E-state index is 12.3. The van der Waals surface area contributed by atoms with Crippen LogP contribution in [0.15, 0.2) is 51.5 Å². The molecule has 0 saturated carbocycles. The fraction of sp³-hybridized carbons (Fsp3) is 0.250. The standard InChI is InChI=1S/C20H19NO7/c1-3-25-20(24)17-14(13-7-4-5-8-15(13)28-17)11-27-19(23)12(2)21-18(22)16-9-6-10-26-16/h4-10,12H,3,11H2,1-2H3,(H,21,22)/t12-/m0/s1. The van der Waals surface area contributed by atoms with Crippen LogP contribution in [0.2, 0.25) is 0 Å². The number of carbonyl (C=O) groups is 3. The van der Waals surface area contributed by atoms with Crippen LogP contribution in [0.4, 0.5) is 0 Å². The first kappa shape index (κ1) is 19.2. The van der Waals surface area contributed by atoms with Gasteiger partial charge in [-0.15, -0.1) is 0 Å². The van der Waals surface area contributed by atoms with Crippen LogP contribution in [0, 0.1) is 0 Å². The minimum atomic E-state index is -0.915. The predicted octanol–water partition coefficient (Wildman–Crippen LogP) is 3.06. The molecule has 1 N–H and O–H groups in total. The quantitative estimate of drug-likeness (QED) is 0.623. The molecule has 0 fully saturated rings. The van der Waals surface area contributed by atoms with E-state index in [1.807, 2.05) is 0 Å². The van der Waals surface area contributed by atoms with Crippen LogP contribution in [0.25, 0.3) is 11.0 Å². The zero-order chi connectivity index (χ0) is 20.1. The van der Waals surface area contributed by atoms with E-state index in [9.17, 15) is 14.4 Å². The molecule has 8 heteroatoms. The number of nitrogens with one attached hydrogen (secondary N) is 1. The Hall–Kier alpha value is -3.55. The van der Waals surface area contributed by atoms with Gasteiger partial charge in [-0.05, 0) is 32.0 Å². The molecule has 28 heavy (non-hydrogen) atoms. The van der Waals surface area contributed by atoms with Gasteiger partial charge in [0, 0.05) is 5.39 Å². The van der Waals surface area contributed by atoms with E-state index in [1.165, 1.54) is 19.3 Å². The minimum absolute atomic E-state index is 0.0110. The van der Waals surface area contributed by atoms with Gasteiger partial charge in [-0.1, -0.05) is 18.2 Å². The number of esters is 2. The Kier molecular flexibility index (Phi) is 5.78. The van der Waals surface area contributed by atoms with Gasteiger partial charge in [-0.25, -0.2) is 9.59 Å². The molecule has 2 heterocycles. The summed E-state index contributed by atoms with van der Waals surface area (Å²) >= 11 is 0. The van der Waals surface area contributed by atoms with Crippen molar-refractivity contribution in [2.45, 2.75) is 26.5 Å². The molecule has 1 aromatic carbocycles. The van der Waals surface area contributed by atoms with Crippen molar-refractivity contribution in [2.75, 3.05) is 6.61 Å². The number of hydrogen-bond donors (Lipinski definition) is 1. The van der Waals surface area contributed by atoms with Crippen molar-refractivity contribution in [3.63, 3.8) is 0 Å². The van der Waals surface area contributed by atoms with Crippen LogP contribution in [-0.4, -0.2) is 30.5 Å². The molecule has 1 atom stereocenters. The fourth-order valence-corrected chi connectivity index (χ4v) is 2.61. The average Bonchev–Trinajstić information content (AvgIpc) is 3.34. The molecule has 0 aliphatic heterocycles. The van der Waals surface area contributed by atoms with Gasteiger partial charge in [0.25, 0.3) is 5.91 Å². The molecule has 0 saturated heterocycles. The van der Waals surface area contributed by atoms with Gasteiger partial charge in [-0.2, -0.15) is 0 Å². The van der Waals surface area contributed by atoms with Crippen LogP contribution in [0.3, 0.4) is 0 Å². The summed E-state index contributed by atoms with van der Waals surface area (Å²) in [6, 6.07) is 9.15. The van der Waals surface area contributed by atoms with Crippen molar-refractivity contribution in [3.8, 4) is 0 Å². The van der Waals surface area contributed by atoms with E-state index in [0.29, 0.717) is 16.5 Å². The summed E-state index contributed by atoms with van der Waals surface area (Å²) < 4.78 is 20.8. The largest absolute Gasteiger partial charge is 0.460 e. The normalized spacial score (nSPS) is 11.8. The smallest absolute Gasteiger partial charge is 0.374 e. The molecular weight excluding hydrogens is 366 g/mol. The second kappa shape index (κ2) is 8.43. The Bertz CT molecular complexity index is 987. The Morgan fingerprint density at radius 1 is 1.11 bits per heavy atom. The first-order valence-corrected chi connectivity index (χ1v) is 8.69. The molecular formula is C20H19NO7. The fourth-order valence-electron chi connectivity index (χ4n) is 2.61. The molecule has 0 unspecified atom stereocenters. The van der Waals surface area contributed by atoms with Crippen LogP contribution in [-0.2, 0) is 20.9 Å². The minimum Gasteiger partial charge on any atom is -0.460 e. The van der Waals surface area contributed by atoms with Crippen molar-refractivity contribution in [1.82, 2.24) is 5.32 Å². The Balaban J connectivity index is 1.71. The van der Waals surface area contributed by atoms with E-state index >= 15 is 0 Å². The number of hydrogen-bond acceptors (Lipinski definition) is 7. The van der Waals surface area contributed by atoms with E-state index in [4.69, 9.17) is 18.3 Å². The lowest BCUT2D eigenvalue weighted by Gasteiger charge is -2.12. The summed E-state index contributed by atoms with van der Waals surface area (Å²) in [4.78, 5) is 36.4. The molecule has 0 radical (unpaired) electrons. The average molecular weight is 385 g/mol. The molecule has 0 aliphatic rings. The van der Waals surface area contributed by atoms with Gasteiger partial charge in [0.1, 0.15) is 18.2 Å². The number of ether oxygens (including phenoxy) is 2. The maximum atomic E-state index is 12.3. The molecule has 8 nitrogen and oxygen atoms in total. The highest BCUT2D eigenvalue weighted by Gasteiger charge is 2.24. The second-order valence-electron chi connectivity index (χ2n) is 5.91. The first-order valence-electron chi connectivity index (χ1n) is 8.69. The third-order valence-electron chi connectivity index (χ3n) is 3.96. The lowest BCUT2D eigenvalue weighted by atomic mass is 10.1. The van der Waals surface area contributed by atoms with Gasteiger partial charge in [0.05, 0.1) is 18.4 Å². The summed E-state index contributed by atoms with van der Waals surface area (Å²) in [6.07, 6.45) is 1.36. The molecule has 146 valence electrons. The van der Waals surface area contributed by atoms with Gasteiger partial charge in [-0.3, -0.25) is 4.79 Å². The lowest BCUT2D eigenvalue weighted by molar-refractivity contribution is -0.146. The summed E-state index contributed by atoms with van der Waals surface area (Å²) in [5.74, 6) is -1.76. The Morgan fingerprint density at radius 3 is 2.61 bits per heavy atom. The predicted molar refractivity (Wildman–Crippen MR) is 97.6 cm³/mol. The van der Waals surface area contributed by atoms with Gasteiger partial charge < -0.3 is 23.6 Å². The molecule has 0 aliphatic carbocycles. The number of carbonyl (C=O) groups excluding carboxylic acids is 3. The molecule has 2 aromatic heterocycles. The summed E-state index contributed by atoms with van der Waals surface area (Å²) in [5.41, 5.74) is 0.891. The number of amides is 1. The van der Waals surface area contributed by atoms with Crippen molar-refractivity contribution in [3.05, 3.63) is 59.7 Å². The topological polar surface area (TPSA) is 108 Å². The van der Waals surface area contributed by atoms with Crippen LogP contribution in [0.5, 0.6) is 0 Å². The summed E-state index contributed by atoms with van der Waals surface area (Å²) in [7, 11) is 0. The molecule has 0 bridgehead atoms. The van der Waals surface area contributed by atoms with Crippen LogP contribution >= 0.6 is 0 Å². The van der Waals surface area contributed by atoms with E-state index < -0.39 is 23.9 Å². The van der Waals surface area contributed by atoms with Crippen LogP contribution < -0.4 is 5.32 Å². The first-order chi connectivity index (χ1) is 13.5. The number of para-hydroxylation sites is 1. The van der Waals surface area contributed by atoms with Crippen molar-refractivity contribution in [1.29, 1.82) is 0 Å². The monoisotopic (exact) mass is 385 g/mol. The highest BCUT2D eigenvalue weighted by molar-refractivity contribution is 5.96. The van der Waals surface area contributed by atoms with E-state index in [1.54, 1.807) is 37.3 Å². The van der Waals surface area contributed by atoms with Gasteiger partial charge in [0.2, 0.25) is 5.76 Å². The Labute approximate surface area is 160 Å². The number of benzene rings is 1. The molecule has 3 rings (SSSR count). The summed E-state index contributed by atoms with van der Waals surface area (Å²) in [5, 5.41) is 3.13. The number of fused-ring (bicyclic) bond motifs is 1. The number of furan rings is 2.